The number of amides is 3. The SMILES string of the molecule is N#Cc1nccc2c1CN(CC(=O)NCc1ccc(F)cc1F)C(=O)N2.[HH].[HH]. The van der Waals surface area contributed by atoms with Gasteiger partial charge < -0.3 is 15.5 Å². The lowest BCUT2D eigenvalue weighted by Crippen LogP contribution is -2.44. The van der Waals surface area contributed by atoms with E-state index in [2.05, 4.69) is 15.6 Å². The summed E-state index contributed by atoms with van der Waals surface area (Å²) in [4.78, 5) is 29.3. The van der Waals surface area contributed by atoms with Crippen LogP contribution in [0.25, 0.3) is 0 Å². The van der Waals surface area contributed by atoms with Crippen molar-refractivity contribution >= 4 is 17.6 Å². The molecule has 1 aliphatic rings. The molecule has 2 N–H and O–H groups in total. The van der Waals surface area contributed by atoms with Gasteiger partial charge in [0, 0.05) is 32.8 Å². The number of hydrogen-bond donors (Lipinski definition) is 2. The van der Waals surface area contributed by atoms with Crippen LogP contribution in [-0.2, 0) is 17.9 Å². The number of aromatic nitrogens is 1. The summed E-state index contributed by atoms with van der Waals surface area (Å²) in [5.74, 6) is -1.99. The summed E-state index contributed by atoms with van der Waals surface area (Å²) in [7, 11) is 0. The van der Waals surface area contributed by atoms with Crippen LogP contribution in [0.5, 0.6) is 0 Å². The molecule has 0 fully saturated rings. The number of urea groups is 1. The van der Waals surface area contributed by atoms with Gasteiger partial charge in [0.05, 0.1) is 12.2 Å². The lowest BCUT2D eigenvalue weighted by molar-refractivity contribution is -0.121. The smallest absolute Gasteiger partial charge is 0.322 e. The Hall–Kier alpha value is -3.54. The van der Waals surface area contributed by atoms with E-state index in [1.165, 1.54) is 17.2 Å². The van der Waals surface area contributed by atoms with Crippen molar-refractivity contribution in [2.24, 2.45) is 0 Å². The third-order valence-corrected chi connectivity index (χ3v) is 3.87. The number of rotatable bonds is 4. The maximum absolute atomic E-state index is 13.6. The molecule has 2 aromatic rings. The first kappa shape index (κ1) is 17.3. The minimum absolute atomic E-state index is 0. The van der Waals surface area contributed by atoms with Gasteiger partial charge in [0.2, 0.25) is 5.91 Å². The van der Waals surface area contributed by atoms with Gasteiger partial charge in [-0.2, -0.15) is 5.26 Å². The zero-order valence-corrected chi connectivity index (χ0v) is 13.4. The number of nitrogens with zero attached hydrogens (tertiary/aromatic N) is 3. The number of halogens is 2. The average molecular weight is 361 g/mol. The normalized spacial score (nSPS) is 12.8. The van der Waals surface area contributed by atoms with Crippen molar-refractivity contribution in [3.05, 3.63) is 58.9 Å². The standard InChI is InChI=1S/C17H13F2N5O2.2H2/c18-11-2-1-10(13(19)5-11)7-22-16(25)9-24-8-12-14(23-17(24)26)3-4-21-15(12)6-20;;/h1-5H,7-9H2,(H,22,25)(H,23,26);2*1H. The molecule has 0 bridgehead atoms. The van der Waals surface area contributed by atoms with E-state index in [0.717, 1.165) is 12.1 Å². The van der Waals surface area contributed by atoms with Crippen LogP contribution in [0, 0.1) is 23.0 Å². The highest BCUT2D eigenvalue weighted by Crippen LogP contribution is 2.24. The van der Waals surface area contributed by atoms with Crippen LogP contribution >= 0.6 is 0 Å². The minimum atomic E-state index is -0.764. The van der Waals surface area contributed by atoms with E-state index < -0.39 is 23.6 Å². The Morgan fingerprint density at radius 2 is 2.23 bits per heavy atom. The van der Waals surface area contributed by atoms with E-state index in [4.69, 9.17) is 5.26 Å². The fourth-order valence-electron chi connectivity index (χ4n) is 2.54. The van der Waals surface area contributed by atoms with Crippen LogP contribution in [0.2, 0.25) is 0 Å². The molecule has 0 spiro atoms. The maximum atomic E-state index is 13.6. The van der Waals surface area contributed by atoms with Crippen molar-refractivity contribution in [2.45, 2.75) is 13.1 Å². The van der Waals surface area contributed by atoms with Crippen molar-refractivity contribution in [2.75, 3.05) is 11.9 Å². The number of hydrogen-bond acceptors (Lipinski definition) is 4. The topological polar surface area (TPSA) is 98.1 Å². The zero-order valence-electron chi connectivity index (χ0n) is 13.4. The second kappa shape index (κ2) is 7.14. The van der Waals surface area contributed by atoms with Crippen molar-refractivity contribution in [1.82, 2.24) is 15.2 Å². The molecule has 0 unspecified atom stereocenters. The Morgan fingerprint density at radius 3 is 2.96 bits per heavy atom. The molecule has 0 saturated heterocycles. The van der Waals surface area contributed by atoms with Crippen molar-refractivity contribution in [3.8, 4) is 6.07 Å². The summed E-state index contributed by atoms with van der Waals surface area (Å²) in [6, 6.07) is 6.08. The molecule has 2 heterocycles. The molecule has 0 aliphatic carbocycles. The van der Waals surface area contributed by atoms with Gasteiger partial charge in [0.15, 0.2) is 0 Å². The molecule has 3 rings (SSSR count). The van der Waals surface area contributed by atoms with Gasteiger partial charge in [-0.25, -0.2) is 18.6 Å². The van der Waals surface area contributed by atoms with Crippen LogP contribution < -0.4 is 10.6 Å². The van der Waals surface area contributed by atoms with Crippen molar-refractivity contribution in [3.63, 3.8) is 0 Å². The minimum Gasteiger partial charge on any atom is -0.350 e. The molecular weight excluding hydrogens is 344 g/mol. The first-order chi connectivity index (χ1) is 12.5. The number of nitrogens with one attached hydrogen (secondary N) is 2. The van der Waals surface area contributed by atoms with Gasteiger partial charge in [-0.15, -0.1) is 0 Å². The van der Waals surface area contributed by atoms with Gasteiger partial charge in [0.1, 0.15) is 29.9 Å². The monoisotopic (exact) mass is 361 g/mol. The fraction of sp³-hybridized carbons (Fsp3) is 0.176. The highest BCUT2D eigenvalue weighted by atomic mass is 19.1. The van der Waals surface area contributed by atoms with E-state index in [1.807, 2.05) is 6.07 Å². The Labute approximate surface area is 150 Å². The van der Waals surface area contributed by atoms with Crippen molar-refractivity contribution < 1.29 is 21.2 Å². The molecule has 1 aromatic carbocycles. The van der Waals surface area contributed by atoms with Gasteiger partial charge in [-0.05, 0) is 12.1 Å². The number of fused-ring (bicyclic) bond motifs is 1. The van der Waals surface area contributed by atoms with E-state index in [9.17, 15) is 18.4 Å². The second-order valence-electron chi connectivity index (χ2n) is 5.60. The van der Waals surface area contributed by atoms with Crippen LogP contribution in [-0.4, -0.2) is 28.4 Å². The van der Waals surface area contributed by atoms with Crippen molar-refractivity contribution in [1.29, 1.82) is 5.26 Å². The summed E-state index contributed by atoms with van der Waals surface area (Å²) < 4.78 is 26.4. The molecule has 0 saturated carbocycles. The number of carbonyl (C=O) groups excluding carboxylic acids is 2. The maximum Gasteiger partial charge on any atom is 0.322 e. The third kappa shape index (κ3) is 3.59. The summed E-state index contributed by atoms with van der Waals surface area (Å²) in [6.07, 6.45) is 1.41. The zero-order chi connectivity index (χ0) is 18.7. The lowest BCUT2D eigenvalue weighted by Gasteiger charge is -2.29. The van der Waals surface area contributed by atoms with Gasteiger partial charge >= 0.3 is 6.03 Å². The number of carbonyl (C=O) groups is 2. The van der Waals surface area contributed by atoms with E-state index in [-0.39, 0.29) is 33.7 Å². The van der Waals surface area contributed by atoms with E-state index >= 15 is 0 Å². The summed E-state index contributed by atoms with van der Waals surface area (Å²) >= 11 is 0. The Morgan fingerprint density at radius 1 is 1.42 bits per heavy atom. The number of benzene rings is 1. The first-order valence-corrected chi connectivity index (χ1v) is 7.62. The predicted octanol–water partition coefficient (Wildman–Crippen LogP) is 2.39. The van der Waals surface area contributed by atoms with Crippen LogP contribution in [0.4, 0.5) is 19.3 Å². The third-order valence-electron chi connectivity index (χ3n) is 3.87. The highest BCUT2D eigenvalue weighted by molar-refractivity contribution is 5.95. The molecule has 136 valence electrons. The molecule has 0 radical (unpaired) electrons. The number of nitriles is 1. The molecule has 9 heteroatoms. The number of anilines is 1. The van der Waals surface area contributed by atoms with Crippen LogP contribution in [0.3, 0.4) is 0 Å². The van der Waals surface area contributed by atoms with Gasteiger partial charge in [-0.3, -0.25) is 4.79 Å². The number of pyridine rings is 1. The fourth-order valence-corrected chi connectivity index (χ4v) is 2.54. The second-order valence-corrected chi connectivity index (χ2v) is 5.60. The molecule has 0 atom stereocenters. The lowest BCUT2D eigenvalue weighted by atomic mass is 10.1. The quantitative estimate of drug-likeness (QED) is 0.874. The average Bonchev–Trinajstić information content (AvgIpc) is 2.61. The largest absolute Gasteiger partial charge is 0.350 e. The van der Waals surface area contributed by atoms with E-state index in [1.54, 1.807) is 6.07 Å². The molecule has 1 aromatic heterocycles. The predicted molar refractivity (Wildman–Crippen MR) is 90.8 cm³/mol. The van der Waals surface area contributed by atoms with Gasteiger partial charge in [0.25, 0.3) is 0 Å². The van der Waals surface area contributed by atoms with Crippen LogP contribution in [0.15, 0.2) is 30.5 Å². The Balaban J connectivity index is 0.00000196. The summed E-state index contributed by atoms with van der Waals surface area (Å²) in [5.41, 5.74) is 1.30. The summed E-state index contributed by atoms with van der Waals surface area (Å²) in [6.45, 7) is -0.369. The Bertz CT molecular complexity index is 936. The van der Waals surface area contributed by atoms with Crippen LogP contribution in [0.1, 0.15) is 19.7 Å². The van der Waals surface area contributed by atoms with E-state index in [0.29, 0.717) is 11.3 Å². The highest BCUT2D eigenvalue weighted by Gasteiger charge is 2.26. The molecule has 26 heavy (non-hydrogen) atoms. The van der Waals surface area contributed by atoms with Gasteiger partial charge in [-0.1, -0.05) is 6.07 Å². The molecule has 7 nitrogen and oxygen atoms in total. The Kier molecular flexibility index (Phi) is 4.75. The molecule has 3 amide bonds. The molecule has 1 aliphatic heterocycles. The first-order valence-electron chi connectivity index (χ1n) is 7.62. The molecular formula is C17H17F2N5O2. The summed E-state index contributed by atoms with van der Waals surface area (Å²) in [5, 5.41) is 14.2.